The molecule has 11 heteroatoms. The maximum atomic E-state index is 13.2. The lowest BCUT2D eigenvalue weighted by Gasteiger charge is -2.16. The van der Waals surface area contributed by atoms with Crippen LogP contribution < -0.4 is 37.4 Å². The molecule has 2 heterocycles. The van der Waals surface area contributed by atoms with Gasteiger partial charge in [0, 0.05) is 56.2 Å². The van der Waals surface area contributed by atoms with Crippen LogP contribution in [0.2, 0.25) is 0 Å². The van der Waals surface area contributed by atoms with Crippen molar-refractivity contribution in [2.45, 2.75) is 6.54 Å². The highest BCUT2D eigenvalue weighted by Gasteiger charge is 2.21. The summed E-state index contributed by atoms with van der Waals surface area (Å²) < 4.78 is 4.99. The van der Waals surface area contributed by atoms with Gasteiger partial charge in [-0.2, -0.15) is 0 Å². The van der Waals surface area contributed by atoms with Crippen LogP contribution in [0.15, 0.2) is 81.8 Å². The van der Waals surface area contributed by atoms with E-state index in [1.165, 1.54) is 11.3 Å². The number of rotatable bonds is 14. The molecule has 0 saturated heterocycles. The Labute approximate surface area is 240 Å². The quantitative estimate of drug-likeness (QED) is 0.0986. The molecule has 0 fully saturated rings. The number of aromatic nitrogens is 1. The van der Waals surface area contributed by atoms with Crippen molar-refractivity contribution in [2.24, 2.45) is 0 Å². The van der Waals surface area contributed by atoms with E-state index in [0.29, 0.717) is 49.0 Å². The van der Waals surface area contributed by atoms with Gasteiger partial charge in [-0.15, -0.1) is 11.3 Å². The fourth-order valence-corrected chi connectivity index (χ4v) is 5.15. The van der Waals surface area contributed by atoms with E-state index in [9.17, 15) is 14.4 Å². The summed E-state index contributed by atoms with van der Waals surface area (Å²) in [6.07, 6.45) is 1.78. The normalized spacial score (nSPS) is 11.0. The first kappa shape index (κ1) is 28.0. The molecule has 0 atom stereocenters. The Morgan fingerprint density at radius 2 is 1.73 bits per heavy atom. The van der Waals surface area contributed by atoms with Crippen LogP contribution in [0.5, 0.6) is 0 Å². The van der Waals surface area contributed by atoms with E-state index in [4.69, 9.17) is 4.74 Å². The molecule has 0 radical (unpaired) electrons. The van der Waals surface area contributed by atoms with Crippen LogP contribution in [0.1, 0.15) is 15.2 Å². The first-order valence-electron chi connectivity index (χ1n) is 13.1. The molecule has 41 heavy (non-hydrogen) atoms. The number of fused-ring (bicyclic) bond motifs is 1. The molecule has 0 bridgehead atoms. The maximum absolute atomic E-state index is 13.2. The number of para-hydroxylation sites is 1. The van der Waals surface area contributed by atoms with E-state index in [-0.39, 0.29) is 17.3 Å². The maximum Gasteiger partial charge on any atom is 0.267 e. The predicted octanol–water partition coefficient (Wildman–Crippen LogP) is 4.15. The number of benzene rings is 2. The lowest BCUT2D eigenvalue weighted by atomic mass is 10.1. The third kappa shape index (κ3) is 6.60. The first-order valence-corrected chi connectivity index (χ1v) is 14.0. The Balaban J connectivity index is 1.21. The molecule has 0 aliphatic carbocycles. The summed E-state index contributed by atoms with van der Waals surface area (Å²) in [5.41, 5.74) is 3.21. The zero-order chi connectivity index (χ0) is 28.6. The fraction of sp³-hybridized carbons (Fsp3) is 0.200. The van der Waals surface area contributed by atoms with Crippen molar-refractivity contribution in [3.8, 4) is 0 Å². The Morgan fingerprint density at radius 3 is 2.61 bits per heavy atom. The summed E-state index contributed by atoms with van der Waals surface area (Å²) >= 11 is 1.35. The number of methoxy groups -OCH3 is 1. The topological polar surface area (TPSA) is 133 Å². The van der Waals surface area contributed by atoms with Crippen molar-refractivity contribution < 1.29 is 9.53 Å². The summed E-state index contributed by atoms with van der Waals surface area (Å²) in [7, 11) is 1.63. The number of carbonyl (C=O) groups is 1. The largest absolute Gasteiger partial charge is 0.383 e. The Hall–Kier alpha value is -4.58. The first-order chi connectivity index (χ1) is 20.0. The van der Waals surface area contributed by atoms with Crippen LogP contribution in [0.25, 0.3) is 10.9 Å². The van der Waals surface area contributed by atoms with Gasteiger partial charge in [0.25, 0.3) is 16.8 Å². The van der Waals surface area contributed by atoms with Gasteiger partial charge in [-0.1, -0.05) is 24.3 Å². The van der Waals surface area contributed by atoms with E-state index in [2.05, 4.69) is 31.6 Å². The molecule has 5 aromatic rings. The molecule has 0 spiro atoms. The number of ether oxygens (including phenoxy) is 1. The third-order valence-corrected chi connectivity index (χ3v) is 7.38. The van der Waals surface area contributed by atoms with Crippen LogP contribution in [-0.2, 0) is 11.3 Å². The summed E-state index contributed by atoms with van der Waals surface area (Å²) in [5.74, 6) is -0.253. The molecule has 0 aliphatic rings. The molecule has 10 nitrogen and oxygen atoms in total. The van der Waals surface area contributed by atoms with Gasteiger partial charge < -0.3 is 31.3 Å². The highest BCUT2D eigenvalue weighted by atomic mass is 32.1. The average Bonchev–Trinajstić information content (AvgIpc) is 3.48. The Bertz CT molecular complexity index is 1720. The van der Waals surface area contributed by atoms with Crippen molar-refractivity contribution in [3.63, 3.8) is 0 Å². The minimum absolute atomic E-state index is 0.212. The molecule has 210 valence electrons. The Kier molecular flexibility index (Phi) is 8.99. The number of nitrogens with zero attached hydrogens (tertiary/aromatic N) is 1. The van der Waals surface area contributed by atoms with Crippen LogP contribution >= 0.6 is 11.3 Å². The van der Waals surface area contributed by atoms with Crippen molar-refractivity contribution >= 4 is 56.6 Å². The van der Waals surface area contributed by atoms with E-state index < -0.39 is 10.9 Å². The molecule has 1 amide bonds. The van der Waals surface area contributed by atoms with Crippen molar-refractivity contribution in [1.29, 1.82) is 0 Å². The van der Waals surface area contributed by atoms with Gasteiger partial charge in [-0.3, -0.25) is 19.4 Å². The van der Waals surface area contributed by atoms with Gasteiger partial charge >= 0.3 is 0 Å². The van der Waals surface area contributed by atoms with Crippen LogP contribution in [0.4, 0.5) is 28.4 Å². The molecule has 0 unspecified atom stereocenters. The molecule has 3 aromatic carbocycles. The van der Waals surface area contributed by atoms with Gasteiger partial charge in [-0.25, -0.2) is 0 Å². The number of carbonyl (C=O) groups excluding carboxylic acids is 1. The number of pyridine rings is 1. The van der Waals surface area contributed by atoms with E-state index in [1.807, 2.05) is 41.8 Å². The zero-order valence-corrected chi connectivity index (χ0v) is 23.3. The van der Waals surface area contributed by atoms with Gasteiger partial charge in [0.2, 0.25) is 0 Å². The predicted molar refractivity (Wildman–Crippen MR) is 166 cm³/mol. The number of thiophene rings is 1. The molecule has 2 aromatic heterocycles. The van der Waals surface area contributed by atoms with Crippen LogP contribution in [0, 0.1) is 0 Å². The number of hydrogen-bond acceptors (Lipinski definition) is 10. The lowest BCUT2D eigenvalue weighted by Crippen LogP contribution is -2.38. The molecule has 5 N–H and O–H groups in total. The summed E-state index contributed by atoms with van der Waals surface area (Å²) in [4.78, 5) is 42.5. The number of hydrogen-bond donors (Lipinski definition) is 5. The molecule has 0 aliphatic heterocycles. The van der Waals surface area contributed by atoms with Gasteiger partial charge in [0.15, 0.2) is 0 Å². The number of anilines is 5. The van der Waals surface area contributed by atoms with Crippen molar-refractivity contribution in [1.82, 2.24) is 10.3 Å². The molecule has 5 rings (SSSR count). The molecule has 0 saturated carbocycles. The smallest absolute Gasteiger partial charge is 0.267 e. The molecular weight excluding hydrogens is 540 g/mol. The van der Waals surface area contributed by atoms with Gasteiger partial charge in [-0.05, 0) is 47.3 Å². The average molecular weight is 571 g/mol. The standard InChI is InChI=1S/C30H30N6O4S/c1-40-15-14-31-12-13-33-25-26(28(38)27(25)37)35-20-5-4-6-21(17-20)36-30(39)29-24(10-16-41-29)34-18-19-9-11-32-23-8-3-2-7-22(19)23/h2-11,16-17,31,33-35H,12-15,18H2,1H3,(H,36,39). The second kappa shape index (κ2) is 13.2. The lowest BCUT2D eigenvalue weighted by molar-refractivity contribution is 0.103. The second-order valence-corrected chi connectivity index (χ2v) is 10.2. The van der Waals surface area contributed by atoms with Crippen molar-refractivity contribution in [2.75, 3.05) is 54.6 Å². The summed E-state index contributed by atoms with van der Waals surface area (Å²) in [5, 5.41) is 18.5. The highest BCUT2D eigenvalue weighted by molar-refractivity contribution is 7.12. The summed E-state index contributed by atoms with van der Waals surface area (Å²) in [6.45, 7) is 2.92. The van der Waals surface area contributed by atoms with Gasteiger partial charge in [0.05, 0.1) is 17.8 Å². The minimum atomic E-state index is -0.578. The number of nitrogens with one attached hydrogen (secondary N) is 5. The van der Waals surface area contributed by atoms with Crippen LogP contribution in [-0.4, -0.2) is 44.2 Å². The van der Waals surface area contributed by atoms with E-state index in [0.717, 1.165) is 22.2 Å². The van der Waals surface area contributed by atoms with E-state index in [1.54, 1.807) is 37.6 Å². The second-order valence-electron chi connectivity index (χ2n) is 9.24. The monoisotopic (exact) mass is 570 g/mol. The SMILES string of the molecule is COCCNCCNc1c(Nc2cccc(NC(=O)c3sccc3NCc3ccnc4ccccc34)c2)c(=O)c1=O. The van der Waals surface area contributed by atoms with E-state index >= 15 is 0 Å². The minimum Gasteiger partial charge on any atom is -0.383 e. The van der Waals surface area contributed by atoms with Crippen LogP contribution in [0.3, 0.4) is 0 Å². The highest BCUT2D eigenvalue weighted by Crippen LogP contribution is 2.27. The van der Waals surface area contributed by atoms with Crippen molar-refractivity contribution in [3.05, 3.63) is 103 Å². The van der Waals surface area contributed by atoms with Gasteiger partial charge in [0.1, 0.15) is 16.3 Å². The Morgan fingerprint density at radius 1 is 0.902 bits per heavy atom. The molecular formula is C30H30N6O4S. The number of amides is 1. The summed E-state index contributed by atoms with van der Waals surface area (Å²) in [6, 6.07) is 18.8. The third-order valence-electron chi connectivity index (χ3n) is 6.47. The zero-order valence-electron chi connectivity index (χ0n) is 22.5. The fourth-order valence-electron chi connectivity index (χ4n) is 4.39.